The molecule has 3 nitrogen and oxygen atoms in total. The molecule has 1 aromatic carbocycles. The third-order valence-electron chi connectivity index (χ3n) is 2.78. The lowest BCUT2D eigenvalue weighted by molar-refractivity contribution is 0.336. The van der Waals surface area contributed by atoms with Gasteiger partial charge in [0.15, 0.2) is 0 Å². The number of rotatable bonds is 6. The van der Waals surface area contributed by atoms with Gasteiger partial charge in [-0.2, -0.15) is 0 Å². The number of thiazole rings is 1. The molecular weight excluding hydrogens is 404 g/mol. The van der Waals surface area contributed by atoms with Gasteiger partial charge in [-0.3, -0.25) is 0 Å². The summed E-state index contributed by atoms with van der Waals surface area (Å²) in [6.45, 7) is 5.53. The second kappa shape index (κ2) is 7.54. The molecule has 2 rings (SSSR count). The molecule has 0 bridgehead atoms. The normalized spacial score (nSPS) is 12.4. The minimum atomic E-state index is 0.249. The highest BCUT2D eigenvalue weighted by molar-refractivity contribution is 9.11. The molecule has 108 valence electrons. The zero-order valence-electron chi connectivity index (χ0n) is 11.3. The first-order valence-electron chi connectivity index (χ1n) is 6.35. The number of benzene rings is 1. The summed E-state index contributed by atoms with van der Waals surface area (Å²) in [5, 5.41) is 6.58. The van der Waals surface area contributed by atoms with Crippen LogP contribution in [0.25, 0.3) is 0 Å². The van der Waals surface area contributed by atoms with E-state index in [1.807, 2.05) is 18.5 Å². The second-order valence-electron chi connectivity index (χ2n) is 4.29. The number of aromatic nitrogens is 1. The van der Waals surface area contributed by atoms with E-state index in [1.54, 1.807) is 11.3 Å². The lowest BCUT2D eigenvalue weighted by Crippen LogP contribution is -2.17. The average molecular weight is 420 g/mol. The van der Waals surface area contributed by atoms with Crippen LogP contribution in [0.3, 0.4) is 0 Å². The average Bonchev–Trinajstić information content (AvgIpc) is 2.94. The Hall–Kier alpha value is -0.430. The molecule has 20 heavy (non-hydrogen) atoms. The summed E-state index contributed by atoms with van der Waals surface area (Å²) in [5.41, 5.74) is 1.19. The molecule has 1 N–H and O–H groups in total. The van der Waals surface area contributed by atoms with Gasteiger partial charge < -0.3 is 10.1 Å². The molecular formula is C14H16Br2N2OS. The lowest BCUT2D eigenvalue weighted by Gasteiger charge is -2.14. The van der Waals surface area contributed by atoms with Gasteiger partial charge in [-0.05, 0) is 63.4 Å². The van der Waals surface area contributed by atoms with Crippen LogP contribution in [-0.2, 0) is 6.54 Å². The van der Waals surface area contributed by atoms with Crippen molar-refractivity contribution >= 4 is 43.2 Å². The molecule has 1 aromatic heterocycles. The van der Waals surface area contributed by atoms with Gasteiger partial charge in [-0.25, -0.2) is 4.98 Å². The minimum Gasteiger partial charge on any atom is -0.492 e. The molecule has 0 amide bonds. The van der Waals surface area contributed by atoms with Crippen LogP contribution >= 0.6 is 43.2 Å². The third kappa shape index (κ3) is 4.04. The monoisotopic (exact) mass is 418 g/mol. The summed E-state index contributed by atoms with van der Waals surface area (Å²) < 4.78 is 7.51. The van der Waals surface area contributed by atoms with Crippen LogP contribution < -0.4 is 10.1 Å². The zero-order valence-corrected chi connectivity index (χ0v) is 15.3. The Labute approximate surface area is 140 Å². The van der Waals surface area contributed by atoms with Gasteiger partial charge >= 0.3 is 0 Å². The number of hydrogen-bond acceptors (Lipinski definition) is 4. The van der Waals surface area contributed by atoms with Crippen molar-refractivity contribution in [2.45, 2.75) is 26.4 Å². The number of hydrogen-bond donors (Lipinski definition) is 1. The molecule has 0 fully saturated rings. The Morgan fingerprint density at radius 1 is 1.35 bits per heavy atom. The standard InChI is InChI=1S/C14H16Br2N2OS/c1-3-19-13-11(15)6-10(7-12(13)16)8-18-9(2)14-17-4-5-20-14/h4-7,9,18H,3,8H2,1-2H3. The van der Waals surface area contributed by atoms with Crippen molar-refractivity contribution in [2.75, 3.05) is 6.61 Å². The second-order valence-corrected chi connectivity index (χ2v) is 6.93. The minimum absolute atomic E-state index is 0.249. The van der Waals surface area contributed by atoms with Crippen LogP contribution in [0.1, 0.15) is 30.5 Å². The maximum atomic E-state index is 5.58. The van der Waals surface area contributed by atoms with Crippen LogP contribution in [0.5, 0.6) is 5.75 Å². The van der Waals surface area contributed by atoms with E-state index >= 15 is 0 Å². The molecule has 2 aromatic rings. The van der Waals surface area contributed by atoms with Gasteiger partial charge in [0.2, 0.25) is 0 Å². The Balaban J connectivity index is 2.03. The fourth-order valence-electron chi connectivity index (χ4n) is 1.80. The van der Waals surface area contributed by atoms with Crippen LogP contribution in [0.15, 0.2) is 32.7 Å². The predicted octanol–water partition coefficient (Wildman–Crippen LogP) is 4.92. The highest BCUT2D eigenvalue weighted by Gasteiger charge is 2.11. The molecule has 0 radical (unpaired) electrons. The zero-order chi connectivity index (χ0) is 14.5. The number of halogens is 2. The van der Waals surface area contributed by atoms with Crippen molar-refractivity contribution in [3.8, 4) is 5.75 Å². The van der Waals surface area contributed by atoms with Gasteiger partial charge in [0.1, 0.15) is 10.8 Å². The summed E-state index contributed by atoms with van der Waals surface area (Å²) >= 11 is 8.77. The molecule has 0 aliphatic heterocycles. The smallest absolute Gasteiger partial charge is 0.147 e. The highest BCUT2D eigenvalue weighted by atomic mass is 79.9. The summed E-state index contributed by atoms with van der Waals surface area (Å²) in [5.74, 6) is 0.851. The number of nitrogens with one attached hydrogen (secondary N) is 1. The van der Waals surface area contributed by atoms with Gasteiger partial charge in [-0.15, -0.1) is 11.3 Å². The Kier molecular flexibility index (Phi) is 6.01. The molecule has 0 spiro atoms. The van der Waals surface area contributed by atoms with Crippen molar-refractivity contribution in [1.82, 2.24) is 10.3 Å². The topological polar surface area (TPSA) is 34.1 Å². The molecule has 0 aliphatic carbocycles. The first-order chi connectivity index (χ1) is 9.61. The lowest BCUT2D eigenvalue weighted by atomic mass is 10.2. The molecule has 1 heterocycles. The van der Waals surface area contributed by atoms with Gasteiger partial charge in [0, 0.05) is 18.1 Å². The van der Waals surface area contributed by atoms with Crippen molar-refractivity contribution in [1.29, 1.82) is 0 Å². The summed E-state index contributed by atoms with van der Waals surface area (Å²) in [6.07, 6.45) is 1.84. The van der Waals surface area contributed by atoms with Crippen molar-refractivity contribution in [3.63, 3.8) is 0 Å². The largest absolute Gasteiger partial charge is 0.492 e. The SMILES string of the molecule is CCOc1c(Br)cc(CNC(C)c2nccs2)cc1Br. The Bertz CT molecular complexity index is 537. The number of nitrogens with zero attached hydrogens (tertiary/aromatic N) is 1. The van der Waals surface area contributed by atoms with Crippen LogP contribution in [-0.4, -0.2) is 11.6 Å². The van der Waals surface area contributed by atoms with Crippen LogP contribution in [0, 0.1) is 0 Å². The maximum absolute atomic E-state index is 5.58. The third-order valence-corrected chi connectivity index (χ3v) is 4.92. The first-order valence-corrected chi connectivity index (χ1v) is 8.81. The van der Waals surface area contributed by atoms with E-state index in [9.17, 15) is 0 Å². The molecule has 1 unspecified atom stereocenters. The van der Waals surface area contributed by atoms with Crippen LogP contribution in [0.4, 0.5) is 0 Å². The van der Waals surface area contributed by atoms with E-state index in [1.165, 1.54) is 5.56 Å². The van der Waals surface area contributed by atoms with Crippen molar-refractivity contribution in [3.05, 3.63) is 43.2 Å². The Morgan fingerprint density at radius 2 is 2.05 bits per heavy atom. The Morgan fingerprint density at radius 3 is 2.60 bits per heavy atom. The molecule has 0 saturated heterocycles. The fraction of sp³-hybridized carbons (Fsp3) is 0.357. The number of ether oxygens (including phenoxy) is 1. The molecule has 0 saturated carbocycles. The molecule has 1 atom stereocenters. The van der Waals surface area contributed by atoms with E-state index in [2.05, 4.69) is 61.2 Å². The van der Waals surface area contributed by atoms with E-state index in [4.69, 9.17) is 4.74 Å². The quantitative estimate of drug-likeness (QED) is 0.721. The van der Waals surface area contributed by atoms with E-state index in [0.717, 1.165) is 26.2 Å². The van der Waals surface area contributed by atoms with Crippen LogP contribution in [0.2, 0.25) is 0 Å². The predicted molar refractivity (Wildman–Crippen MR) is 90.4 cm³/mol. The summed E-state index contributed by atoms with van der Waals surface area (Å²) in [4.78, 5) is 4.32. The van der Waals surface area contributed by atoms with Gasteiger partial charge in [0.25, 0.3) is 0 Å². The maximum Gasteiger partial charge on any atom is 0.147 e. The van der Waals surface area contributed by atoms with Crippen molar-refractivity contribution < 1.29 is 4.74 Å². The highest BCUT2D eigenvalue weighted by Crippen LogP contribution is 2.34. The summed E-state index contributed by atoms with van der Waals surface area (Å²) in [7, 11) is 0. The fourth-order valence-corrected chi connectivity index (χ4v) is 3.98. The summed E-state index contributed by atoms with van der Waals surface area (Å²) in [6, 6.07) is 4.41. The first kappa shape index (κ1) is 15.9. The van der Waals surface area contributed by atoms with E-state index in [-0.39, 0.29) is 6.04 Å². The van der Waals surface area contributed by atoms with Crippen molar-refractivity contribution in [2.24, 2.45) is 0 Å². The van der Waals surface area contributed by atoms with Gasteiger partial charge in [0.05, 0.1) is 21.6 Å². The molecule has 6 heteroatoms. The van der Waals surface area contributed by atoms with E-state index < -0.39 is 0 Å². The van der Waals surface area contributed by atoms with E-state index in [0.29, 0.717) is 6.61 Å². The van der Waals surface area contributed by atoms with Gasteiger partial charge in [-0.1, -0.05) is 0 Å². The molecule has 0 aliphatic rings.